The molecule has 1 heterocycles. The molecule has 1 aliphatic rings. The number of amides is 1. The zero-order valence-corrected chi connectivity index (χ0v) is 11.3. The maximum absolute atomic E-state index is 11.5. The zero-order valence-electron chi connectivity index (χ0n) is 11.3. The second-order valence-corrected chi connectivity index (χ2v) is 4.54. The molecule has 0 spiro atoms. The van der Waals surface area contributed by atoms with Crippen molar-refractivity contribution < 1.29 is 19.2 Å². The van der Waals surface area contributed by atoms with Crippen LogP contribution in [-0.4, -0.2) is 31.1 Å². The van der Waals surface area contributed by atoms with Crippen LogP contribution in [0.1, 0.15) is 24.4 Å². The number of rotatable bonds is 4. The van der Waals surface area contributed by atoms with E-state index in [1.54, 1.807) is 18.2 Å². The van der Waals surface area contributed by atoms with Crippen molar-refractivity contribution in [2.45, 2.75) is 24.9 Å². The largest absolute Gasteiger partial charge is 0.497 e. The summed E-state index contributed by atoms with van der Waals surface area (Å²) in [6.45, 7) is 0. The Bertz CT molecular complexity index is 531. The first-order valence-electron chi connectivity index (χ1n) is 6.21. The molecular weight excluding hydrogens is 264 g/mol. The molecule has 0 unspecified atom stereocenters. The topological polar surface area (TPSA) is 90.7 Å². The Hall–Kier alpha value is -2.31. The fourth-order valence-electron chi connectivity index (χ4n) is 2.37. The molecule has 108 valence electrons. The van der Waals surface area contributed by atoms with Gasteiger partial charge in [0.25, 0.3) is 0 Å². The molecule has 0 saturated carbocycles. The number of hydrogen-bond acceptors (Lipinski definition) is 5. The molecule has 1 aliphatic heterocycles. The maximum Gasteiger partial charge on any atom is 0.237 e. The van der Waals surface area contributed by atoms with Crippen molar-refractivity contribution in [1.82, 2.24) is 5.32 Å². The molecule has 1 aromatic rings. The second kappa shape index (κ2) is 5.77. The molecule has 1 amide bonds. The van der Waals surface area contributed by atoms with Crippen molar-refractivity contribution >= 4 is 5.91 Å². The first-order chi connectivity index (χ1) is 9.56. The quantitative estimate of drug-likeness (QED) is 0.663. The van der Waals surface area contributed by atoms with Crippen molar-refractivity contribution in [3.8, 4) is 11.5 Å². The lowest BCUT2D eigenvalue weighted by Crippen LogP contribution is -2.45. The number of methoxy groups -OCH3 is 2. The number of carbonyl (C=O) groups excluding carboxylic acids is 1. The van der Waals surface area contributed by atoms with Crippen LogP contribution < -0.4 is 14.8 Å². The number of ether oxygens (including phenoxy) is 2. The molecule has 2 rings (SSSR count). The van der Waals surface area contributed by atoms with E-state index in [0.29, 0.717) is 17.1 Å². The van der Waals surface area contributed by atoms with Crippen LogP contribution in [-0.2, 0) is 4.79 Å². The highest BCUT2D eigenvalue weighted by Crippen LogP contribution is 2.34. The van der Waals surface area contributed by atoms with E-state index in [-0.39, 0.29) is 23.7 Å². The van der Waals surface area contributed by atoms with Gasteiger partial charge in [-0.15, -0.1) is 0 Å². The van der Waals surface area contributed by atoms with Crippen LogP contribution in [0.2, 0.25) is 0 Å². The van der Waals surface area contributed by atoms with Gasteiger partial charge in [-0.2, -0.15) is 0 Å². The number of nitro groups is 1. The summed E-state index contributed by atoms with van der Waals surface area (Å²) in [4.78, 5) is 22.3. The Morgan fingerprint density at radius 1 is 1.35 bits per heavy atom. The number of nitrogens with one attached hydrogen (secondary N) is 1. The normalized spacial score (nSPS) is 22.0. The van der Waals surface area contributed by atoms with Crippen LogP contribution in [0.3, 0.4) is 0 Å². The Morgan fingerprint density at radius 2 is 2.10 bits per heavy atom. The molecular formula is C13H16N2O5. The van der Waals surface area contributed by atoms with Gasteiger partial charge in [-0.25, -0.2) is 0 Å². The Labute approximate surface area is 116 Å². The summed E-state index contributed by atoms with van der Waals surface area (Å²) in [5, 5.41) is 13.8. The monoisotopic (exact) mass is 280 g/mol. The number of nitrogens with zero attached hydrogens (tertiary/aromatic N) is 1. The van der Waals surface area contributed by atoms with Gasteiger partial charge in [-0.05, 0) is 12.1 Å². The van der Waals surface area contributed by atoms with Crippen molar-refractivity contribution in [1.29, 1.82) is 0 Å². The van der Waals surface area contributed by atoms with E-state index < -0.39 is 12.1 Å². The number of piperidine rings is 1. The van der Waals surface area contributed by atoms with Gasteiger partial charge < -0.3 is 14.8 Å². The van der Waals surface area contributed by atoms with Crippen LogP contribution >= 0.6 is 0 Å². The van der Waals surface area contributed by atoms with E-state index in [9.17, 15) is 14.9 Å². The van der Waals surface area contributed by atoms with E-state index in [0.717, 1.165) is 0 Å². The smallest absolute Gasteiger partial charge is 0.237 e. The minimum absolute atomic E-state index is 0.167. The van der Waals surface area contributed by atoms with Crippen LogP contribution in [0, 0.1) is 10.1 Å². The molecule has 1 saturated heterocycles. The van der Waals surface area contributed by atoms with Crippen molar-refractivity contribution in [2.75, 3.05) is 14.2 Å². The van der Waals surface area contributed by atoms with Gasteiger partial charge in [0.1, 0.15) is 17.5 Å². The Kier molecular flexibility index (Phi) is 4.07. The summed E-state index contributed by atoms with van der Waals surface area (Å²) >= 11 is 0. The van der Waals surface area contributed by atoms with Crippen molar-refractivity contribution in [3.05, 3.63) is 33.9 Å². The molecule has 0 aliphatic carbocycles. The number of hydrogen-bond donors (Lipinski definition) is 1. The molecule has 20 heavy (non-hydrogen) atoms. The predicted octanol–water partition coefficient (Wildman–Crippen LogP) is 1.30. The molecule has 2 atom stereocenters. The molecule has 1 N–H and O–H groups in total. The number of carbonyl (C=O) groups is 1. The summed E-state index contributed by atoms with van der Waals surface area (Å²) in [6.07, 6.45) is 0.388. The zero-order chi connectivity index (χ0) is 14.7. The summed E-state index contributed by atoms with van der Waals surface area (Å²) in [5.41, 5.74) is 0.586. The van der Waals surface area contributed by atoms with E-state index in [1.165, 1.54) is 14.2 Å². The van der Waals surface area contributed by atoms with Gasteiger partial charge in [-0.3, -0.25) is 14.9 Å². The SMILES string of the molecule is COc1ccc([C@@H]2NC(=O)CC[C@H]2[N+](=O)[O-])c(OC)c1. The minimum Gasteiger partial charge on any atom is -0.497 e. The summed E-state index contributed by atoms with van der Waals surface area (Å²) in [7, 11) is 3.00. The molecule has 1 fully saturated rings. The summed E-state index contributed by atoms with van der Waals surface area (Å²) < 4.78 is 10.3. The highest BCUT2D eigenvalue weighted by atomic mass is 16.6. The van der Waals surface area contributed by atoms with Gasteiger partial charge >= 0.3 is 0 Å². The summed E-state index contributed by atoms with van der Waals surface area (Å²) in [6, 6.07) is 3.48. The molecule has 0 aromatic heterocycles. The van der Waals surface area contributed by atoms with Gasteiger partial charge in [0.15, 0.2) is 0 Å². The standard InChI is InChI=1S/C13H16N2O5/c1-19-8-3-4-9(11(7-8)20-2)13-10(15(17)18)5-6-12(16)14-13/h3-4,7,10,13H,5-6H2,1-2H3,(H,14,16)/t10-,13+/m1/s1. The number of benzene rings is 1. The van der Waals surface area contributed by atoms with Gasteiger partial charge in [-0.1, -0.05) is 0 Å². The van der Waals surface area contributed by atoms with E-state index >= 15 is 0 Å². The lowest BCUT2D eigenvalue weighted by atomic mass is 9.91. The van der Waals surface area contributed by atoms with Crippen LogP contribution in [0.4, 0.5) is 0 Å². The fourth-order valence-corrected chi connectivity index (χ4v) is 2.37. The minimum atomic E-state index is -0.852. The predicted molar refractivity (Wildman–Crippen MR) is 70.4 cm³/mol. The molecule has 0 radical (unpaired) electrons. The van der Waals surface area contributed by atoms with Crippen LogP contribution in [0.25, 0.3) is 0 Å². The fraction of sp³-hybridized carbons (Fsp3) is 0.462. The van der Waals surface area contributed by atoms with E-state index in [4.69, 9.17) is 9.47 Å². The first-order valence-corrected chi connectivity index (χ1v) is 6.21. The average molecular weight is 280 g/mol. The second-order valence-electron chi connectivity index (χ2n) is 4.54. The maximum atomic E-state index is 11.5. The third kappa shape index (κ3) is 2.66. The molecule has 1 aromatic carbocycles. The van der Waals surface area contributed by atoms with E-state index in [1.807, 2.05) is 0 Å². The first kappa shape index (κ1) is 14.1. The molecule has 7 heteroatoms. The third-order valence-electron chi connectivity index (χ3n) is 3.41. The Balaban J connectivity index is 2.40. The van der Waals surface area contributed by atoms with Crippen LogP contribution in [0.5, 0.6) is 11.5 Å². The lowest BCUT2D eigenvalue weighted by molar-refractivity contribution is -0.529. The molecule has 7 nitrogen and oxygen atoms in total. The van der Waals surface area contributed by atoms with Crippen LogP contribution in [0.15, 0.2) is 18.2 Å². The lowest BCUT2D eigenvalue weighted by Gasteiger charge is -2.28. The summed E-state index contributed by atoms with van der Waals surface area (Å²) in [5.74, 6) is 0.861. The van der Waals surface area contributed by atoms with E-state index in [2.05, 4.69) is 5.32 Å². The van der Waals surface area contributed by atoms with Crippen molar-refractivity contribution in [3.63, 3.8) is 0 Å². The highest BCUT2D eigenvalue weighted by molar-refractivity contribution is 5.77. The highest BCUT2D eigenvalue weighted by Gasteiger charge is 2.39. The van der Waals surface area contributed by atoms with Gasteiger partial charge in [0.05, 0.1) is 14.2 Å². The van der Waals surface area contributed by atoms with Gasteiger partial charge in [0, 0.05) is 29.4 Å². The Morgan fingerprint density at radius 3 is 2.70 bits per heavy atom. The van der Waals surface area contributed by atoms with Crippen molar-refractivity contribution in [2.24, 2.45) is 0 Å². The average Bonchev–Trinajstić information content (AvgIpc) is 2.46. The van der Waals surface area contributed by atoms with Gasteiger partial charge in [0.2, 0.25) is 11.9 Å². The third-order valence-corrected chi connectivity index (χ3v) is 3.41. The molecule has 0 bridgehead atoms.